The maximum absolute atomic E-state index is 10.6. The Labute approximate surface area is 508 Å². The van der Waals surface area contributed by atoms with Gasteiger partial charge in [0.1, 0.15) is 5.75 Å². The van der Waals surface area contributed by atoms with Crippen LogP contribution in [0, 0.1) is 27.9 Å². The lowest BCUT2D eigenvalue weighted by Gasteiger charge is -2.18. The zero-order valence-corrected chi connectivity index (χ0v) is 48.9. The molecule has 0 aliphatic heterocycles. The Bertz CT molecular complexity index is 3370. The normalized spacial score (nSPS) is 13.6. The number of hydrogen-bond donors (Lipinski definition) is 7. The summed E-state index contributed by atoms with van der Waals surface area (Å²) in [4.78, 5) is 88.9. The number of carbonyl (C=O) groups is 7. The second-order valence-corrected chi connectivity index (χ2v) is 20.1. The number of hydrogen-bond acceptors (Lipinski definition) is 12. The molecule has 2 saturated carbocycles. The van der Waals surface area contributed by atoms with Crippen molar-refractivity contribution in [2.75, 3.05) is 6.61 Å². The van der Waals surface area contributed by atoms with Gasteiger partial charge in [0, 0.05) is 48.0 Å². The number of rotatable bonds is 21. The Morgan fingerprint density at radius 3 is 1.73 bits per heavy atom. The van der Waals surface area contributed by atoms with E-state index in [1.165, 1.54) is 93.0 Å². The third-order valence-electron chi connectivity index (χ3n) is 13.5. The summed E-state index contributed by atoms with van der Waals surface area (Å²) in [7, 11) is 0. The summed E-state index contributed by atoms with van der Waals surface area (Å²) in [5, 5.41) is 75.5. The number of carboxylic acid groups (broad SMARTS) is 7. The molecule has 2 fully saturated rings. The molecule has 22 nitrogen and oxygen atoms in total. The quantitative estimate of drug-likeness (QED) is 0.00877. The van der Waals surface area contributed by atoms with Crippen molar-refractivity contribution in [3.63, 3.8) is 0 Å². The molecular weight excluding hydrogens is 1130 g/mol. The van der Waals surface area contributed by atoms with Crippen molar-refractivity contribution in [3.8, 4) is 5.75 Å². The number of azide groups is 1. The molecule has 464 valence electrons. The second kappa shape index (κ2) is 40.0. The lowest BCUT2D eigenvalue weighted by atomic mass is 9.86. The van der Waals surface area contributed by atoms with Crippen molar-refractivity contribution in [1.29, 1.82) is 0 Å². The number of ether oxygens (including phenoxy) is 1. The molecule has 0 spiro atoms. The van der Waals surface area contributed by atoms with E-state index in [1.807, 2.05) is 67.6 Å². The highest BCUT2D eigenvalue weighted by Crippen LogP contribution is 2.49. The Morgan fingerprint density at radius 2 is 1.20 bits per heavy atom. The van der Waals surface area contributed by atoms with Gasteiger partial charge in [-0.25, -0.2) is 9.59 Å². The number of nitrogens with zero attached hydrogens (tertiary/aromatic N) is 5. The van der Waals surface area contributed by atoms with Gasteiger partial charge in [-0.3, -0.25) is 39.1 Å². The predicted octanol–water partition coefficient (Wildman–Crippen LogP) is 13.8. The topological polar surface area (TPSA) is 375 Å². The standard InChI is InChI=1S/C12H10O2.C12H16O2.C10H12O3.C9H14O2.C8H7NO4.C8H9NO2.C7H5N3O2/c13-12(14)8-10-6-3-5-9-4-1-2-7-11(9)10;1-2-3-4-5-10-6-8-11(9-7-10)12(13)14;1-2-13-9-5-3-8(4-6-9)7-10(11)12;10-9(11)5-8-4-6-1-2-7(8)3-6;10-8(11)5-6-2-1-3-7(4-6)9(12)13;10-8(11)4-3-7-2-1-5-9-6-7;8-10-9-6-3-1-5(2-4-6)7(11)12/h1-7H,8H2,(H,13,14);6-9H,2-5H2,1H3,(H,13,14);3-6H,2,7H2,1H3,(H,11,12);6-8H,1-5H2,(H,10,11);1-4H,5H2,(H,10,11);1-2,5-6H,3-4H2,(H,10,11);1-4H,(H,11,12). The van der Waals surface area contributed by atoms with Crippen LogP contribution in [0.25, 0.3) is 21.2 Å². The van der Waals surface area contributed by atoms with Gasteiger partial charge < -0.3 is 40.5 Å². The van der Waals surface area contributed by atoms with Gasteiger partial charge in [0.05, 0.1) is 41.9 Å². The number of aromatic nitrogens is 1. The molecule has 2 bridgehead atoms. The summed E-state index contributed by atoms with van der Waals surface area (Å²) in [6.45, 7) is 4.71. The maximum atomic E-state index is 10.6. The Kier molecular flexibility index (Phi) is 32.6. The van der Waals surface area contributed by atoms with Crippen LogP contribution >= 0.6 is 0 Å². The molecule has 88 heavy (non-hydrogen) atoms. The predicted molar refractivity (Wildman–Crippen MR) is 329 cm³/mol. The number of fused-ring (bicyclic) bond motifs is 3. The smallest absolute Gasteiger partial charge is 0.335 e. The fraction of sp³-hybridized carbons (Fsp3) is 0.303. The molecule has 0 radical (unpaired) electrons. The van der Waals surface area contributed by atoms with Crippen LogP contribution < -0.4 is 4.74 Å². The number of aliphatic carboxylic acids is 5. The molecule has 9 rings (SSSR count). The molecule has 7 aromatic rings. The van der Waals surface area contributed by atoms with Gasteiger partial charge >= 0.3 is 41.8 Å². The summed E-state index contributed by atoms with van der Waals surface area (Å²) in [5.41, 5.74) is 13.2. The molecule has 2 aliphatic rings. The average molecular weight is 1210 g/mol. The van der Waals surface area contributed by atoms with E-state index < -0.39 is 46.7 Å². The van der Waals surface area contributed by atoms with Gasteiger partial charge in [0.2, 0.25) is 0 Å². The fourth-order valence-corrected chi connectivity index (χ4v) is 9.37. The molecule has 1 heterocycles. The molecule has 1 aromatic heterocycles. The lowest BCUT2D eigenvalue weighted by Crippen LogP contribution is -2.14. The number of aromatic carboxylic acids is 2. The molecule has 3 atom stereocenters. The SMILES string of the molecule is CCCCCc1ccc(C(=O)O)cc1.CCOc1ccc(CC(=O)O)cc1.O=C(O)CC1CC2CCC1C2.O=C(O)CCc1cccnc1.O=C(O)Cc1cccc([N+](=O)[O-])c1.O=C(O)Cc1cccc2ccccc12.[N-]=[N+]=Nc1ccc(C(=O)O)cc1. The first-order chi connectivity index (χ1) is 42.1. The van der Waals surface area contributed by atoms with Gasteiger partial charge in [-0.15, -0.1) is 0 Å². The van der Waals surface area contributed by atoms with E-state index in [1.54, 1.807) is 60.9 Å². The van der Waals surface area contributed by atoms with E-state index in [9.17, 15) is 43.7 Å². The summed E-state index contributed by atoms with van der Waals surface area (Å²) >= 11 is 0. The van der Waals surface area contributed by atoms with Crippen LogP contribution in [-0.2, 0) is 56.1 Å². The van der Waals surface area contributed by atoms with Gasteiger partial charge in [-0.1, -0.05) is 128 Å². The summed E-state index contributed by atoms with van der Waals surface area (Å²) in [5.74, 6) is -2.90. The van der Waals surface area contributed by atoms with Crippen molar-refractivity contribution in [1.82, 2.24) is 4.98 Å². The zero-order chi connectivity index (χ0) is 64.8. The third-order valence-corrected chi connectivity index (χ3v) is 13.5. The molecule has 0 saturated heterocycles. The lowest BCUT2D eigenvalue weighted by molar-refractivity contribution is -0.384. The summed E-state index contributed by atoms with van der Waals surface area (Å²) in [6.07, 6.45) is 14.3. The van der Waals surface area contributed by atoms with E-state index >= 15 is 0 Å². The molecule has 3 unspecified atom stereocenters. The first-order valence-corrected chi connectivity index (χ1v) is 28.2. The van der Waals surface area contributed by atoms with Crippen molar-refractivity contribution < 1.29 is 79.0 Å². The van der Waals surface area contributed by atoms with Crippen molar-refractivity contribution in [3.05, 3.63) is 224 Å². The first kappa shape index (κ1) is 71.8. The minimum Gasteiger partial charge on any atom is -0.494 e. The number of pyridine rings is 1. The minimum atomic E-state index is -1.000. The van der Waals surface area contributed by atoms with E-state index in [4.69, 9.17) is 46.0 Å². The van der Waals surface area contributed by atoms with Crippen LogP contribution in [0.15, 0.2) is 169 Å². The summed E-state index contributed by atoms with van der Waals surface area (Å²) in [6, 6.07) is 42.7. The number of benzene rings is 6. The van der Waals surface area contributed by atoms with E-state index in [0.29, 0.717) is 42.2 Å². The van der Waals surface area contributed by atoms with Crippen molar-refractivity contribution in [2.24, 2.45) is 22.9 Å². The monoisotopic (exact) mass is 1210 g/mol. The highest BCUT2D eigenvalue weighted by Gasteiger charge is 2.40. The first-order valence-electron chi connectivity index (χ1n) is 28.2. The highest BCUT2D eigenvalue weighted by atomic mass is 16.6. The number of non-ortho nitro benzene ring substituents is 1. The third kappa shape index (κ3) is 29.4. The Hall–Kier alpha value is -10.5. The van der Waals surface area contributed by atoms with Crippen LogP contribution in [0.2, 0.25) is 0 Å². The van der Waals surface area contributed by atoms with E-state index in [2.05, 4.69) is 21.9 Å². The van der Waals surface area contributed by atoms with Crippen LogP contribution in [0.3, 0.4) is 0 Å². The summed E-state index contributed by atoms with van der Waals surface area (Å²) < 4.78 is 5.22. The molecule has 22 heteroatoms. The van der Waals surface area contributed by atoms with Crippen LogP contribution in [0.4, 0.5) is 11.4 Å². The largest absolute Gasteiger partial charge is 0.494 e. The van der Waals surface area contributed by atoms with Gasteiger partial charge in [-0.05, 0) is 150 Å². The molecule has 7 N–H and O–H groups in total. The van der Waals surface area contributed by atoms with E-state index in [-0.39, 0.29) is 36.9 Å². The molecular formula is C66H73N5O17. The molecule has 2 aliphatic carbocycles. The Balaban J connectivity index is 0.000000269. The van der Waals surface area contributed by atoms with Crippen molar-refractivity contribution in [2.45, 2.75) is 104 Å². The van der Waals surface area contributed by atoms with Crippen LogP contribution in [-0.4, -0.2) is 94.0 Å². The number of nitro benzene ring substituents is 1. The molecule has 0 amide bonds. The van der Waals surface area contributed by atoms with Crippen LogP contribution in [0.5, 0.6) is 5.75 Å². The number of unbranched alkanes of at least 4 members (excludes halogenated alkanes) is 2. The fourth-order valence-electron chi connectivity index (χ4n) is 9.37. The van der Waals surface area contributed by atoms with Crippen molar-refractivity contribution >= 4 is 63.9 Å². The highest BCUT2D eigenvalue weighted by molar-refractivity contribution is 5.89. The van der Waals surface area contributed by atoms with Gasteiger partial charge in [-0.2, -0.15) is 0 Å². The minimum absolute atomic E-state index is 0.0619. The number of carboxylic acids is 7. The Morgan fingerprint density at radius 1 is 0.614 bits per heavy atom. The van der Waals surface area contributed by atoms with Gasteiger partial charge in [0.25, 0.3) is 5.69 Å². The van der Waals surface area contributed by atoms with Crippen LogP contribution in [0.1, 0.15) is 120 Å². The maximum Gasteiger partial charge on any atom is 0.335 e. The molecule has 6 aromatic carbocycles. The van der Waals surface area contributed by atoms with E-state index in [0.717, 1.165) is 51.5 Å². The average Bonchev–Trinajstić information content (AvgIpc) is 3.85. The second-order valence-electron chi connectivity index (χ2n) is 20.1. The number of nitro groups is 1. The zero-order valence-electron chi connectivity index (χ0n) is 48.9. The number of aryl methyl sites for hydroxylation is 2. The van der Waals surface area contributed by atoms with Gasteiger partial charge in [0.15, 0.2) is 0 Å².